The zero-order valence-electron chi connectivity index (χ0n) is 17.0. The van der Waals surface area contributed by atoms with Gasteiger partial charge < -0.3 is 20.9 Å². The summed E-state index contributed by atoms with van der Waals surface area (Å²) in [6, 6.07) is 0.400. The monoisotopic (exact) mass is 538 g/mol. The van der Waals surface area contributed by atoms with E-state index < -0.39 is 93.5 Å². The lowest BCUT2D eigenvalue weighted by molar-refractivity contribution is -0.161. The first kappa shape index (κ1) is 26.9. The van der Waals surface area contributed by atoms with Crippen LogP contribution in [0.4, 0.5) is 64.1 Å². The van der Waals surface area contributed by atoms with Gasteiger partial charge in [-0.1, -0.05) is 0 Å². The number of anilines is 2. The van der Waals surface area contributed by atoms with Crippen molar-refractivity contribution < 1.29 is 62.2 Å². The molecule has 36 heavy (non-hydrogen) atoms. The first-order valence-corrected chi connectivity index (χ1v) is 9.18. The Balaban J connectivity index is 2.26. The van der Waals surface area contributed by atoms with Crippen LogP contribution in [0.15, 0.2) is 47.0 Å². The van der Waals surface area contributed by atoms with Crippen LogP contribution < -0.4 is 20.9 Å². The minimum atomic E-state index is -6.28. The van der Waals surface area contributed by atoms with Gasteiger partial charge in [0.25, 0.3) is 5.85 Å². The van der Waals surface area contributed by atoms with Crippen LogP contribution >= 0.6 is 0 Å². The number of nitrogens with two attached hydrogens (primary N) is 2. The second kappa shape index (κ2) is 8.74. The normalized spacial score (nSPS) is 19.1. The molecule has 196 valence electrons. The molecule has 0 aliphatic heterocycles. The fourth-order valence-electron chi connectivity index (χ4n) is 3.15. The summed E-state index contributed by atoms with van der Waals surface area (Å²) >= 11 is 0. The lowest BCUT2D eigenvalue weighted by Gasteiger charge is -2.36. The van der Waals surface area contributed by atoms with Crippen molar-refractivity contribution in [3.05, 3.63) is 70.3 Å². The van der Waals surface area contributed by atoms with Gasteiger partial charge in [-0.25, -0.2) is 22.0 Å². The molecule has 1 aliphatic carbocycles. The predicted octanol–water partition coefficient (Wildman–Crippen LogP) is 6.54. The van der Waals surface area contributed by atoms with E-state index in [1.807, 2.05) is 0 Å². The maximum atomic E-state index is 15.7. The third-order valence-corrected chi connectivity index (χ3v) is 4.65. The fraction of sp³-hybridized carbons (Fsp3) is 0.200. The van der Waals surface area contributed by atoms with Crippen LogP contribution in [0.1, 0.15) is 6.42 Å². The van der Waals surface area contributed by atoms with Crippen molar-refractivity contribution in [1.82, 2.24) is 0 Å². The Morgan fingerprint density at radius 2 is 1.17 bits per heavy atom. The van der Waals surface area contributed by atoms with Crippen LogP contribution in [0.2, 0.25) is 0 Å². The third-order valence-electron chi connectivity index (χ3n) is 4.65. The molecule has 0 saturated carbocycles. The van der Waals surface area contributed by atoms with Gasteiger partial charge >= 0.3 is 12.4 Å². The molecule has 0 amide bonds. The number of rotatable bonds is 4. The summed E-state index contributed by atoms with van der Waals surface area (Å²) in [5.41, 5.74) is 1.83. The van der Waals surface area contributed by atoms with Crippen molar-refractivity contribution >= 4 is 11.4 Å². The molecule has 0 bridgehead atoms. The van der Waals surface area contributed by atoms with E-state index in [0.717, 1.165) is 0 Å². The Morgan fingerprint density at radius 1 is 0.694 bits per heavy atom. The van der Waals surface area contributed by atoms with E-state index in [0.29, 0.717) is 6.07 Å². The van der Waals surface area contributed by atoms with Gasteiger partial charge in [-0.2, -0.15) is 30.7 Å². The van der Waals surface area contributed by atoms with Crippen LogP contribution in [-0.2, 0) is 0 Å². The van der Waals surface area contributed by atoms with Gasteiger partial charge in [0.15, 0.2) is 29.0 Å². The maximum Gasteiger partial charge on any atom is 0.419 e. The lowest BCUT2D eigenvalue weighted by Crippen LogP contribution is -2.46. The highest BCUT2D eigenvalue weighted by atomic mass is 19.4. The SMILES string of the molecule is Nc1cc(OC2=C(F)C(C(F)(F)F)=C(C(F)(F)F)C(F)(Oc3cc(N)c(F)cc3F)C2)c(F)cc1F. The number of hydrogen-bond acceptors (Lipinski definition) is 4. The number of halogens is 12. The van der Waals surface area contributed by atoms with E-state index >= 15 is 4.39 Å². The van der Waals surface area contributed by atoms with Crippen molar-refractivity contribution in [3.63, 3.8) is 0 Å². The molecule has 0 spiro atoms. The Morgan fingerprint density at radius 3 is 1.64 bits per heavy atom. The van der Waals surface area contributed by atoms with Gasteiger partial charge in [-0.05, 0) is 0 Å². The molecule has 0 aromatic heterocycles. The third kappa shape index (κ3) is 4.97. The van der Waals surface area contributed by atoms with Crippen LogP contribution in [-0.4, -0.2) is 18.2 Å². The molecule has 3 rings (SSSR count). The average Bonchev–Trinajstić information content (AvgIpc) is 2.70. The Bertz CT molecular complexity index is 1280. The number of alkyl halides is 7. The second-order valence-electron chi connectivity index (χ2n) is 7.20. The van der Waals surface area contributed by atoms with E-state index in [4.69, 9.17) is 11.5 Å². The van der Waals surface area contributed by atoms with E-state index in [1.165, 1.54) is 0 Å². The number of nitrogen functional groups attached to an aromatic ring is 2. The van der Waals surface area contributed by atoms with Crippen molar-refractivity contribution in [2.24, 2.45) is 0 Å². The Kier molecular flexibility index (Phi) is 6.53. The van der Waals surface area contributed by atoms with Crippen LogP contribution in [0.3, 0.4) is 0 Å². The molecule has 0 fully saturated rings. The van der Waals surface area contributed by atoms with E-state index in [2.05, 4.69) is 9.47 Å². The zero-order chi connectivity index (χ0) is 27.4. The van der Waals surface area contributed by atoms with Gasteiger partial charge in [-0.15, -0.1) is 0 Å². The summed E-state index contributed by atoms with van der Waals surface area (Å²) in [5, 5.41) is 0. The van der Waals surface area contributed by atoms with Crippen LogP contribution in [0.25, 0.3) is 0 Å². The van der Waals surface area contributed by atoms with E-state index in [9.17, 15) is 48.3 Å². The van der Waals surface area contributed by atoms with Crippen LogP contribution in [0, 0.1) is 23.3 Å². The molecule has 1 aliphatic rings. The molecular formula is C20H10F12N2O2. The second-order valence-corrected chi connectivity index (χ2v) is 7.20. The largest absolute Gasteiger partial charge is 0.455 e. The Labute approximate surface area is 192 Å². The lowest BCUT2D eigenvalue weighted by atomic mass is 9.89. The highest BCUT2D eigenvalue weighted by Crippen LogP contribution is 2.53. The summed E-state index contributed by atoms with van der Waals surface area (Å²) < 4.78 is 176. The summed E-state index contributed by atoms with van der Waals surface area (Å²) in [6.45, 7) is 0. The minimum Gasteiger partial charge on any atom is -0.455 e. The number of benzene rings is 2. The summed E-state index contributed by atoms with van der Waals surface area (Å²) in [7, 11) is 0. The topological polar surface area (TPSA) is 70.5 Å². The molecule has 0 heterocycles. The van der Waals surface area contributed by atoms with Crippen LogP contribution in [0.5, 0.6) is 11.5 Å². The quantitative estimate of drug-likeness (QED) is 0.343. The molecule has 16 heteroatoms. The van der Waals surface area contributed by atoms with Crippen molar-refractivity contribution in [2.75, 3.05) is 11.5 Å². The van der Waals surface area contributed by atoms with Gasteiger partial charge in [0.1, 0.15) is 28.5 Å². The van der Waals surface area contributed by atoms with Gasteiger partial charge in [0, 0.05) is 24.3 Å². The van der Waals surface area contributed by atoms with Gasteiger partial charge in [0.2, 0.25) is 0 Å². The first-order valence-electron chi connectivity index (χ1n) is 9.18. The number of ether oxygens (including phenoxy) is 2. The van der Waals surface area contributed by atoms with Crippen molar-refractivity contribution in [2.45, 2.75) is 24.6 Å². The molecule has 0 radical (unpaired) electrons. The van der Waals surface area contributed by atoms with Crippen molar-refractivity contribution in [3.8, 4) is 11.5 Å². The van der Waals surface area contributed by atoms with Gasteiger partial charge in [0.05, 0.1) is 17.8 Å². The molecule has 4 nitrogen and oxygen atoms in total. The zero-order valence-corrected chi connectivity index (χ0v) is 17.0. The highest BCUT2D eigenvalue weighted by Gasteiger charge is 2.62. The van der Waals surface area contributed by atoms with Crippen molar-refractivity contribution in [1.29, 1.82) is 0 Å². The Hall–Kier alpha value is -3.72. The number of hydrogen-bond donors (Lipinski definition) is 2. The standard InChI is InChI=1S/C20H10F12N2O2/c21-6-1-8(23)12(3-10(6)33)35-14-5-18(26,36-13-4-11(34)7(22)2-9(13)24)17(20(30,31)32)15(16(14)25)19(27,28)29/h1-4H,5,33-34H2. The summed E-state index contributed by atoms with van der Waals surface area (Å²) in [6.07, 6.45) is -14.7. The molecular weight excluding hydrogens is 528 g/mol. The van der Waals surface area contributed by atoms with E-state index in [1.54, 1.807) is 0 Å². The molecule has 1 unspecified atom stereocenters. The fourth-order valence-corrected chi connectivity index (χ4v) is 3.15. The maximum absolute atomic E-state index is 15.7. The smallest absolute Gasteiger partial charge is 0.419 e. The highest BCUT2D eigenvalue weighted by molar-refractivity contribution is 5.51. The molecule has 4 N–H and O–H groups in total. The summed E-state index contributed by atoms with van der Waals surface area (Å²) in [5.74, 6) is -18.8. The summed E-state index contributed by atoms with van der Waals surface area (Å²) in [4.78, 5) is 0. The van der Waals surface area contributed by atoms with Gasteiger partial charge in [-0.3, -0.25) is 0 Å². The predicted molar refractivity (Wildman–Crippen MR) is 98.5 cm³/mol. The molecule has 2 aromatic rings. The molecule has 0 saturated heterocycles. The van der Waals surface area contributed by atoms with E-state index in [-0.39, 0.29) is 18.2 Å². The average molecular weight is 538 g/mol. The minimum absolute atomic E-state index is 0.0451. The number of allylic oxidation sites excluding steroid dienone is 2. The molecule has 1 atom stereocenters. The first-order chi connectivity index (χ1) is 16.3. The molecule has 2 aromatic carbocycles.